The summed E-state index contributed by atoms with van der Waals surface area (Å²) >= 11 is 1.22. The van der Waals surface area contributed by atoms with Crippen LogP contribution < -0.4 is 5.09 Å². The summed E-state index contributed by atoms with van der Waals surface area (Å²) in [6.45, 7) is 0. The molecule has 1 unspecified atom stereocenters. The molecule has 0 bridgehead atoms. The molecule has 0 radical (unpaired) electrons. The van der Waals surface area contributed by atoms with Crippen LogP contribution in [0.1, 0.15) is 11.1 Å². The molecule has 1 heterocycles. The van der Waals surface area contributed by atoms with Crippen molar-refractivity contribution in [3.8, 4) is 0 Å². The molecule has 20 heavy (non-hydrogen) atoms. The molecule has 0 fully saturated rings. The standard InChI is InChI=1S/C13H14NO4PS/c15-12(16)8-11-6-7-20-13(11)14-19(17,18)9-10-4-2-1-3-5-10/h1-7H,8-9H2,(H,15,16)(H2,14,17,18). The first-order valence-electron chi connectivity index (χ1n) is 5.88. The molecule has 7 heteroatoms. The van der Waals surface area contributed by atoms with E-state index in [2.05, 4.69) is 5.09 Å². The molecule has 2 aromatic rings. The van der Waals surface area contributed by atoms with Crippen LogP contribution in [0.25, 0.3) is 0 Å². The van der Waals surface area contributed by atoms with Crippen LogP contribution in [0.5, 0.6) is 0 Å². The van der Waals surface area contributed by atoms with E-state index < -0.39 is 13.5 Å². The highest BCUT2D eigenvalue weighted by atomic mass is 32.1. The van der Waals surface area contributed by atoms with Crippen LogP contribution in [0.2, 0.25) is 0 Å². The fourth-order valence-electron chi connectivity index (χ4n) is 1.76. The van der Waals surface area contributed by atoms with Gasteiger partial charge in [-0.2, -0.15) is 0 Å². The molecule has 0 amide bonds. The SMILES string of the molecule is O=C(O)Cc1ccsc1NP(=O)(O)Cc1ccccc1. The Kier molecular flexibility index (Phi) is 4.60. The largest absolute Gasteiger partial charge is 0.481 e. The normalized spacial score (nSPS) is 13.7. The van der Waals surface area contributed by atoms with Gasteiger partial charge in [0.15, 0.2) is 0 Å². The molecule has 0 aliphatic rings. The van der Waals surface area contributed by atoms with E-state index in [0.29, 0.717) is 10.6 Å². The fourth-order valence-corrected chi connectivity index (χ4v) is 4.31. The Bertz CT molecular complexity index is 641. The maximum absolute atomic E-state index is 12.2. The third-order valence-corrected chi connectivity index (χ3v) is 4.99. The zero-order valence-electron chi connectivity index (χ0n) is 10.5. The van der Waals surface area contributed by atoms with Gasteiger partial charge in [0.2, 0.25) is 0 Å². The highest BCUT2D eigenvalue weighted by molar-refractivity contribution is 7.59. The van der Waals surface area contributed by atoms with E-state index in [0.717, 1.165) is 5.56 Å². The van der Waals surface area contributed by atoms with Crippen LogP contribution in [0.3, 0.4) is 0 Å². The lowest BCUT2D eigenvalue weighted by Gasteiger charge is -2.14. The Morgan fingerprint density at radius 3 is 2.60 bits per heavy atom. The third-order valence-electron chi connectivity index (χ3n) is 2.60. The number of hydrogen-bond donors (Lipinski definition) is 3. The van der Waals surface area contributed by atoms with Gasteiger partial charge in [0.05, 0.1) is 17.6 Å². The average molecular weight is 311 g/mol. The summed E-state index contributed by atoms with van der Waals surface area (Å²) in [6, 6.07) is 10.6. The number of carbonyl (C=O) groups is 1. The Morgan fingerprint density at radius 1 is 1.25 bits per heavy atom. The minimum Gasteiger partial charge on any atom is -0.481 e. The number of anilines is 1. The van der Waals surface area contributed by atoms with Crippen LogP contribution in [-0.2, 0) is 21.9 Å². The molecule has 2 rings (SSSR count). The number of aliphatic carboxylic acids is 1. The number of hydrogen-bond acceptors (Lipinski definition) is 3. The minimum absolute atomic E-state index is 0.00173. The van der Waals surface area contributed by atoms with Gasteiger partial charge in [-0.05, 0) is 22.6 Å². The average Bonchev–Trinajstić information content (AvgIpc) is 2.75. The van der Waals surface area contributed by atoms with Crippen molar-refractivity contribution in [2.75, 3.05) is 5.09 Å². The van der Waals surface area contributed by atoms with Crippen molar-refractivity contribution in [2.24, 2.45) is 0 Å². The quantitative estimate of drug-likeness (QED) is 0.713. The van der Waals surface area contributed by atoms with Gasteiger partial charge >= 0.3 is 5.97 Å². The van der Waals surface area contributed by atoms with E-state index in [-0.39, 0.29) is 12.6 Å². The molecule has 1 atom stereocenters. The van der Waals surface area contributed by atoms with Crippen LogP contribution in [0, 0.1) is 0 Å². The maximum atomic E-state index is 12.2. The summed E-state index contributed by atoms with van der Waals surface area (Å²) in [7, 11) is -3.61. The third kappa shape index (κ3) is 4.20. The lowest BCUT2D eigenvalue weighted by molar-refractivity contribution is -0.136. The fraction of sp³-hybridized carbons (Fsp3) is 0.154. The Labute approximate surface area is 120 Å². The summed E-state index contributed by atoms with van der Waals surface area (Å²) in [5, 5.41) is 13.5. The van der Waals surface area contributed by atoms with E-state index >= 15 is 0 Å². The second kappa shape index (κ2) is 6.22. The second-order valence-electron chi connectivity index (χ2n) is 4.30. The van der Waals surface area contributed by atoms with Crippen molar-refractivity contribution in [1.82, 2.24) is 0 Å². The number of thiophene rings is 1. The predicted molar refractivity (Wildman–Crippen MR) is 79.3 cm³/mol. The van der Waals surface area contributed by atoms with Crippen molar-refractivity contribution in [2.45, 2.75) is 12.6 Å². The van der Waals surface area contributed by atoms with Gasteiger partial charge in [0.25, 0.3) is 7.52 Å². The van der Waals surface area contributed by atoms with Gasteiger partial charge in [0, 0.05) is 0 Å². The molecule has 1 aromatic heterocycles. The van der Waals surface area contributed by atoms with E-state index in [1.54, 1.807) is 35.7 Å². The highest BCUT2D eigenvalue weighted by Crippen LogP contribution is 2.46. The van der Waals surface area contributed by atoms with Gasteiger partial charge in [-0.15, -0.1) is 11.3 Å². The summed E-state index contributed by atoms with van der Waals surface area (Å²) < 4.78 is 12.2. The number of carboxylic acids is 1. The number of carboxylic acid groups (broad SMARTS) is 1. The summed E-state index contributed by atoms with van der Waals surface area (Å²) in [6.07, 6.45) is -0.171. The van der Waals surface area contributed by atoms with E-state index in [9.17, 15) is 14.3 Å². The van der Waals surface area contributed by atoms with Crippen molar-refractivity contribution >= 4 is 29.8 Å². The molecule has 0 spiro atoms. The lowest BCUT2D eigenvalue weighted by atomic mass is 10.2. The van der Waals surface area contributed by atoms with E-state index in [1.165, 1.54) is 11.3 Å². The Balaban J connectivity index is 2.10. The zero-order chi connectivity index (χ0) is 14.6. The first-order chi connectivity index (χ1) is 9.46. The number of rotatable bonds is 6. The van der Waals surface area contributed by atoms with Crippen LogP contribution in [0.15, 0.2) is 41.8 Å². The molecule has 0 saturated carbocycles. The van der Waals surface area contributed by atoms with Crippen LogP contribution in [0.4, 0.5) is 5.00 Å². The minimum atomic E-state index is -3.61. The zero-order valence-corrected chi connectivity index (χ0v) is 12.2. The molecule has 1 aromatic carbocycles. The van der Waals surface area contributed by atoms with Crippen molar-refractivity contribution in [3.63, 3.8) is 0 Å². The molecule has 0 aliphatic heterocycles. The van der Waals surface area contributed by atoms with Crippen molar-refractivity contribution in [1.29, 1.82) is 0 Å². The molecular weight excluding hydrogens is 297 g/mol. The van der Waals surface area contributed by atoms with Gasteiger partial charge in [-0.1, -0.05) is 30.3 Å². The van der Waals surface area contributed by atoms with Crippen LogP contribution >= 0.6 is 18.9 Å². The summed E-state index contributed by atoms with van der Waals surface area (Å²) in [5.41, 5.74) is 1.27. The van der Waals surface area contributed by atoms with Gasteiger partial charge in [-0.25, -0.2) is 0 Å². The first kappa shape index (κ1) is 14.8. The topological polar surface area (TPSA) is 86.6 Å². The molecule has 0 aliphatic carbocycles. The molecule has 3 N–H and O–H groups in total. The Hall–Kier alpha value is -1.62. The highest BCUT2D eigenvalue weighted by Gasteiger charge is 2.21. The van der Waals surface area contributed by atoms with Crippen molar-refractivity contribution < 1.29 is 19.4 Å². The second-order valence-corrected chi connectivity index (χ2v) is 7.16. The Morgan fingerprint density at radius 2 is 1.95 bits per heavy atom. The molecular formula is C13H14NO4PS. The number of benzene rings is 1. The monoisotopic (exact) mass is 311 g/mol. The van der Waals surface area contributed by atoms with Gasteiger partial charge in [-0.3, -0.25) is 9.36 Å². The first-order valence-corrected chi connectivity index (χ1v) is 8.61. The van der Waals surface area contributed by atoms with Crippen molar-refractivity contribution in [3.05, 3.63) is 52.9 Å². The lowest BCUT2D eigenvalue weighted by Crippen LogP contribution is -2.03. The van der Waals surface area contributed by atoms with E-state index in [1.807, 2.05) is 6.07 Å². The maximum Gasteiger partial charge on any atom is 0.307 e. The van der Waals surface area contributed by atoms with Gasteiger partial charge < -0.3 is 15.1 Å². The number of nitrogens with one attached hydrogen (secondary N) is 1. The molecule has 5 nitrogen and oxygen atoms in total. The molecule has 106 valence electrons. The smallest absolute Gasteiger partial charge is 0.307 e. The summed E-state index contributed by atoms with van der Waals surface area (Å²) in [4.78, 5) is 20.7. The van der Waals surface area contributed by atoms with E-state index in [4.69, 9.17) is 5.11 Å². The summed E-state index contributed by atoms with van der Waals surface area (Å²) in [5.74, 6) is -0.970. The van der Waals surface area contributed by atoms with Crippen LogP contribution in [-0.4, -0.2) is 16.0 Å². The molecule has 0 saturated heterocycles. The predicted octanol–water partition coefficient (Wildman–Crippen LogP) is 3.17. The van der Waals surface area contributed by atoms with Gasteiger partial charge in [0.1, 0.15) is 0 Å².